The van der Waals surface area contributed by atoms with Crippen LogP contribution in [0.15, 0.2) is 0 Å². The first-order valence-corrected chi connectivity index (χ1v) is 7.78. The van der Waals surface area contributed by atoms with Gasteiger partial charge in [-0.25, -0.2) is 0 Å². The fourth-order valence-corrected chi connectivity index (χ4v) is 3.51. The average Bonchev–Trinajstić information content (AvgIpc) is 2.76. The third kappa shape index (κ3) is 4.64. The van der Waals surface area contributed by atoms with Crippen LogP contribution in [0.25, 0.3) is 0 Å². The van der Waals surface area contributed by atoms with Gasteiger partial charge >= 0.3 is 0 Å². The minimum absolute atomic E-state index is 0. The number of carbonyl (C=O) groups excluding carboxylic acids is 1. The second-order valence-electron chi connectivity index (χ2n) is 5.93. The molecule has 1 atom stereocenters. The maximum absolute atomic E-state index is 12.6. The number of likely N-dealkylation sites (N-methyl/N-ethyl adjacent to an activating group) is 1. The lowest BCUT2D eigenvalue weighted by molar-refractivity contribution is -0.137. The maximum atomic E-state index is 12.6. The predicted octanol–water partition coefficient (Wildman–Crippen LogP) is 2.98. The molecule has 1 N–H and O–H groups in total. The van der Waals surface area contributed by atoms with Gasteiger partial charge in [0.2, 0.25) is 5.91 Å². The van der Waals surface area contributed by atoms with Crippen LogP contribution in [0.4, 0.5) is 0 Å². The molecular weight excluding hydrogens is 260 g/mol. The Balaban J connectivity index is 0.00000180. The molecule has 112 valence electrons. The Bertz CT molecular complexity index is 265. The Morgan fingerprint density at radius 1 is 1.05 bits per heavy atom. The lowest BCUT2D eigenvalue weighted by atomic mass is 9.90. The van der Waals surface area contributed by atoms with Crippen LogP contribution in [-0.4, -0.2) is 37.0 Å². The molecule has 1 amide bonds. The summed E-state index contributed by atoms with van der Waals surface area (Å²) in [5.74, 6) is 0.775. The topological polar surface area (TPSA) is 32.3 Å². The van der Waals surface area contributed by atoms with E-state index in [-0.39, 0.29) is 12.4 Å². The first-order chi connectivity index (χ1) is 8.83. The summed E-state index contributed by atoms with van der Waals surface area (Å²) in [5.41, 5.74) is 0. The molecule has 0 aromatic heterocycles. The SMILES string of the molecule is CNCC1CCCN1C(=O)C1CCCCCCC1.Cl. The number of hydrogen-bond acceptors (Lipinski definition) is 2. The molecule has 1 aliphatic carbocycles. The summed E-state index contributed by atoms with van der Waals surface area (Å²) in [6.45, 7) is 1.94. The second kappa shape index (κ2) is 8.80. The smallest absolute Gasteiger partial charge is 0.225 e. The van der Waals surface area contributed by atoms with E-state index < -0.39 is 0 Å². The molecule has 2 fully saturated rings. The Kier molecular flexibility index (Phi) is 7.77. The highest BCUT2D eigenvalue weighted by Gasteiger charge is 2.32. The zero-order valence-corrected chi connectivity index (χ0v) is 13.0. The van der Waals surface area contributed by atoms with E-state index in [0.29, 0.717) is 17.9 Å². The van der Waals surface area contributed by atoms with Crippen molar-refractivity contribution in [1.29, 1.82) is 0 Å². The summed E-state index contributed by atoms with van der Waals surface area (Å²) < 4.78 is 0. The van der Waals surface area contributed by atoms with Gasteiger partial charge in [-0.05, 0) is 32.7 Å². The van der Waals surface area contributed by atoms with Gasteiger partial charge in [-0.1, -0.05) is 32.1 Å². The third-order valence-electron chi connectivity index (χ3n) is 4.55. The zero-order valence-electron chi connectivity index (χ0n) is 12.2. The molecular formula is C15H29ClN2O. The Hall–Kier alpha value is -0.280. The predicted molar refractivity (Wildman–Crippen MR) is 81.7 cm³/mol. The molecule has 0 aromatic carbocycles. The lowest BCUT2D eigenvalue weighted by Crippen LogP contribution is -2.43. The van der Waals surface area contributed by atoms with Crippen molar-refractivity contribution in [1.82, 2.24) is 10.2 Å². The second-order valence-corrected chi connectivity index (χ2v) is 5.93. The van der Waals surface area contributed by atoms with Gasteiger partial charge in [-0.15, -0.1) is 12.4 Å². The summed E-state index contributed by atoms with van der Waals surface area (Å²) in [5, 5.41) is 3.23. The third-order valence-corrected chi connectivity index (χ3v) is 4.55. The molecule has 0 bridgehead atoms. The van der Waals surface area contributed by atoms with E-state index in [9.17, 15) is 4.79 Å². The summed E-state index contributed by atoms with van der Waals surface area (Å²) >= 11 is 0. The van der Waals surface area contributed by atoms with Crippen molar-refractivity contribution in [3.05, 3.63) is 0 Å². The van der Waals surface area contributed by atoms with Gasteiger partial charge in [0.15, 0.2) is 0 Å². The molecule has 1 saturated heterocycles. The van der Waals surface area contributed by atoms with Crippen LogP contribution in [-0.2, 0) is 4.79 Å². The standard InChI is InChI=1S/C15H28N2O.ClH/c1-16-12-14-10-7-11-17(14)15(18)13-8-5-3-2-4-6-9-13;/h13-14,16H,2-12H2,1H3;1H. The highest BCUT2D eigenvalue weighted by atomic mass is 35.5. The number of rotatable bonds is 3. The van der Waals surface area contributed by atoms with Gasteiger partial charge in [0.05, 0.1) is 0 Å². The van der Waals surface area contributed by atoms with Gasteiger partial charge in [0.1, 0.15) is 0 Å². The van der Waals surface area contributed by atoms with Crippen molar-refractivity contribution < 1.29 is 4.79 Å². The molecule has 1 saturated carbocycles. The first-order valence-electron chi connectivity index (χ1n) is 7.78. The molecule has 0 spiro atoms. The summed E-state index contributed by atoms with van der Waals surface area (Å²) in [6.07, 6.45) is 11.1. The van der Waals surface area contributed by atoms with Crippen LogP contribution in [0.3, 0.4) is 0 Å². The number of hydrogen-bond donors (Lipinski definition) is 1. The molecule has 2 rings (SSSR count). The molecule has 1 unspecified atom stereocenters. The number of nitrogens with zero attached hydrogens (tertiary/aromatic N) is 1. The Labute approximate surface area is 123 Å². The van der Waals surface area contributed by atoms with Gasteiger partial charge in [0.25, 0.3) is 0 Å². The van der Waals surface area contributed by atoms with E-state index in [2.05, 4.69) is 10.2 Å². The molecule has 1 heterocycles. The summed E-state index contributed by atoms with van der Waals surface area (Å²) in [4.78, 5) is 14.8. The zero-order chi connectivity index (χ0) is 12.8. The van der Waals surface area contributed by atoms with E-state index in [1.807, 2.05) is 7.05 Å². The van der Waals surface area contributed by atoms with Gasteiger partial charge in [-0.3, -0.25) is 4.79 Å². The maximum Gasteiger partial charge on any atom is 0.225 e. The van der Waals surface area contributed by atoms with Crippen molar-refractivity contribution in [3.8, 4) is 0 Å². The van der Waals surface area contributed by atoms with Crippen LogP contribution in [0.2, 0.25) is 0 Å². The number of nitrogens with one attached hydrogen (secondary N) is 1. The van der Waals surface area contributed by atoms with E-state index in [1.54, 1.807) is 0 Å². The molecule has 1 aliphatic heterocycles. The van der Waals surface area contributed by atoms with Crippen LogP contribution < -0.4 is 5.32 Å². The number of carbonyl (C=O) groups is 1. The van der Waals surface area contributed by atoms with Crippen LogP contribution >= 0.6 is 12.4 Å². The van der Waals surface area contributed by atoms with Crippen molar-refractivity contribution in [2.75, 3.05) is 20.1 Å². The van der Waals surface area contributed by atoms with E-state index >= 15 is 0 Å². The lowest BCUT2D eigenvalue weighted by Gasteiger charge is -2.29. The highest BCUT2D eigenvalue weighted by molar-refractivity contribution is 5.85. The Morgan fingerprint density at radius 3 is 2.32 bits per heavy atom. The van der Waals surface area contributed by atoms with Crippen LogP contribution in [0.1, 0.15) is 57.8 Å². The van der Waals surface area contributed by atoms with Crippen molar-refractivity contribution in [2.45, 2.75) is 63.8 Å². The number of halogens is 1. The van der Waals surface area contributed by atoms with Crippen LogP contribution in [0, 0.1) is 5.92 Å². The first kappa shape index (κ1) is 16.8. The van der Waals surface area contributed by atoms with Crippen molar-refractivity contribution in [3.63, 3.8) is 0 Å². The number of amides is 1. The van der Waals surface area contributed by atoms with Gasteiger partial charge in [-0.2, -0.15) is 0 Å². The molecule has 4 heteroatoms. The van der Waals surface area contributed by atoms with Gasteiger partial charge in [0, 0.05) is 25.0 Å². The summed E-state index contributed by atoms with van der Waals surface area (Å²) in [7, 11) is 1.98. The van der Waals surface area contributed by atoms with E-state index in [1.165, 1.54) is 44.9 Å². The average molecular weight is 289 g/mol. The molecule has 0 radical (unpaired) electrons. The minimum atomic E-state index is 0. The van der Waals surface area contributed by atoms with E-state index in [0.717, 1.165) is 25.9 Å². The van der Waals surface area contributed by atoms with E-state index in [4.69, 9.17) is 0 Å². The largest absolute Gasteiger partial charge is 0.338 e. The highest BCUT2D eigenvalue weighted by Crippen LogP contribution is 2.27. The molecule has 2 aliphatic rings. The molecule has 0 aromatic rings. The quantitative estimate of drug-likeness (QED) is 0.866. The summed E-state index contributed by atoms with van der Waals surface area (Å²) in [6, 6.07) is 0.452. The van der Waals surface area contributed by atoms with Crippen LogP contribution in [0.5, 0.6) is 0 Å². The normalized spacial score (nSPS) is 25.5. The fourth-order valence-electron chi connectivity index (χ4n) is 3.51. The number of likely N-dealkylation sites (tertiary alicyclic amines) is 1. The monoisotopic (exact) mass is 288 g/mol. The minimum Gasteiger partial charge on any atom is -0.338 e. The fraction of sp³-hybridized carbons (Fsp3) is 0.933. The Morgan fingerprint density at radius 2 is 1.68 bits per heavy atom. The van der Waals surface area contributed by atoms with Crippen molar-refractivity contribution >= 4 is 18.3 Å². The van der Waals surface area contributed by atoms with Gasteiger partial charge < -0.3 is 10.2 Å². The molecule has 19 heavy (non-hydrogen) atoms. The molecule has 3 nitrogen and oxygen atoms in total. The van der Waals surface area contributed by atoms with Crippen molar-refractivity contribution in [2.24, 2.45) is 5.92 Å².